The largest absolute Gasteiger partial charge is 0.375 e. The smallest absolute Gasteiger partial charge is 0.318 e. The Morgan fingerprint density at radius 3 is 2.74 bits per heavy atom. The van der Waals surface area contributed by atoms with Crippen LogP contribution in [0.1, 0.15) is 35.9 Å². The van der Waals surface area contributed by atoms with Gasteiger partial charge in [-0.1, -0.05) is 48.5 Å². The fourth-order valence-corrected chi connectivity index (χ4v) is 3.99. The van der Waals surface area contributed by atoms with Gasteiger partial charge in [0.05, 0.1) is 12.1 Å². The van der Waals surface area contributed by atoms with Crippen LogP contribution in [0.2, 0.25) is 0 Å². The second-order valence-electron chi connectivity index (χ2n) is 7.00. The molecule has 0 radical (unpaired) electrons. The molecule has 1 aromatic heterocycles. The molecule has 3 aromatic rings. The second kappa shape index (κ2) is 7.45. The molecular formula is C22H25N3O2. The quantitative estimate of drug-likeness (QED) is 0.730. The number of ether oxygens (including phenoxy) is 1. The molecule has 2 N–H and O–H groups in total. The molecule has 2 atom stereocenters. The van der Waals surface area contributed by atoms with Gasteiger partial charge in [-0.2, -0.15) is 0 Å². The van der Waals surface area contributed by atoms with Gasteiger partial charge in [-0.3, -0.25) is 0 Å². The van der Waals surface area contributed by atoms with Crippen molar-refractivity contribution in [2.24, 2.45) is 0 Å². The molecule has 0 bridgehead atoms. The van der Waals surface area contributed by atoms with Crippen LogP contribution >= 0.6 is 0 Å². The molecular weight excluding hydrogens is 338 g/mol. The second-order valence-corrected chi connectivity index (χ2v) is 7.00. The monoisotopic (exact) mass is 363 g/mol. The molecule has 5 heteroatoms. The Kier molecular flexibility index (Phi) is 4.86. The summed E-state index contributed by atoms with van der Waals surface area (Å²) in [5.41, 5.74) is 4.68. The van der Waals surface area contributed by atoms with E-state index in [2.05, 4.69) is 35.4 Å². The van der Waals surface area contributed by atoms with Crippen LogP contribution in [0.5, 0.6) is 0 Å². The number of nitrogens with zero attached hydrogens (tertiary/aromatic N) is 1. The number of nitrogens with one attached hydrogen (secondary N) is 2. The molecule has 0 fully saturated rings. The summed E-state index contributed by atoms with van der Waals surface area (Å²) in [4.78, 5) is 18.2. The van der Waals surface area contributed by atoms with E-state index in [0.29, 0.717) is 13.1 Å². The van der Waals surface area contributed by atoms with Crippen molar-refractivity contribution >= 4 is 16.9 Å². The summed E-state index contributed by atoms with van der Waals surface area (Å²) < 4.78 is 5.56. The van der Waals surface area contributed by atoms with Crippen LogP contribution in [0.3, 0.4) is 0 Å². The number of hydrogen-bond donors (Lipinski definition) is 2. The lowest BCUT2D eigenvalue weighted by Gasteiger charge is -2.34. The van der Waals surface area contributed by atoms with Crippen molar-refractivity contribution in [1.82, 2.24) is 15.2 Å². The number of urea groups is 1. The fraction of sp³-hybridized carbons (Fsp3) is 0.318. The van der Waals surface area contributed by atoms with Crippen LogP contribution in [-0.2, 0) is 11.2 Å². The standard InChI is InChI=1S/C22H25N3O2/c1-15-21-18(17-10-6-7-11-19(17)24-21)12-13-25(15)22(26)23-14-20(27-2)16-8-4-3-5-9-16/h3-11,15,20,24H,12-14H2,1-2H3,(H,23,26)/t15-,20-/m0/s1. The Balaban J connectivity index is 1.46. The van der Waals surface area contributed by atoms with Crippen molar-refractivity contribution in [3.8, 4) is 0 Å². The molecule has 0 unspecified atom stereocenters. The van der Waals surface area contributed by atoms with Crippen molar-refractivity contribution in [2.75, 3.05) is 20.2 Å². The minimum absolute atomic E-state index is 0.0128. The summed E-state index contributed by atoms with van der Waals surface area (Å²) in [6, 6.07) is 18.3. The first kappa shape index (κ1) is 17.6. The van der Waals surface area contributed by atoms with Crippen LogP contribution < -0.4 is 5.32 Å². The highest BCUT2D eigenvalue weighted by atomic mass is 16.5. The molecule has 1 aliphatic heterocycles. The molecule has 0 saturated carbocycles. The maximum Gasteiger partial charge on any atom is 0.318 e. The van der Waals surface area contributed by atoms with E-state index in [-0.39, 0.29) is 18.2 Å². The van der Waals surface area contributed by atoms with E-state index in [1.54, 1.807) is 7.11 Å². The van der Waals surface area contributed by atoms with Crippen molar-refractivity contribution in [1.29, 1.82) is 0 Å². The number of aromatic nitrogens is 1. The summed E-state index contributed by atoms with van der Waals surface area (Å²) in [5.74, 6) is 0. The number of carbonyl (C=O) groups excluding carboxylic acids is 1. The van der Waals surface area contributed by atoms with E-state index in [4.69, 9.17) is 4.74 Å². The van der Waals surface area contributed by atoms with Crippen LogP contribution in [0.4, 0.5) is 4.79 Å². The average Bonchev–Trinajstić information content (AvgIpc) is 3.09. The topological polar surface area (TPSA) is 57.4 Å². The van der Waals surface area contributed by atoms with Gasteiger partial charge in [0.25, 0.3) is 0 Å². The van der Waals surface area contributed by atoms with Gasteiger partial charge in [-0.15, -0.1) is 0 Å². The zero-order valence-electron chi connectivity index (χ0n) is 15.7. The first-order chi connectivity index (χ1) is 13.2. The number of hydrogen-bond acceptors (Lipinski definition) is 2. The van der Waals surface area contributed by atoms with E-state index in [0.717, 1.165) is 23.2 Å². The predicted molar refractivity (Wildman–Crippen MR) is 107 cm³/mol. The number of H-pyrrole nitrogens is 1. The Morgan fingerprint density at radius 1 is 1.22 bits per heavy atom. The molecule has 0 saturated heterocycles. The molecule has 0 spiro atoms. The lowest BCUT2D eigenvalue weighted by molar-refractivity contribution is 0.0996. The maximum atomic E-state index is 12.8. The molecule has 1 aliphatic rings. The maximum absolute atomic E-state index is 12.8. The highest BCUT2D eigenvalue weighted by Gasteiger charge is 2.30. The Labute approximate surface area is 159 Å². The first-order valence-electron chi connectivity index (χ1n) is 9.40. The van der Waals surface area contributed by atoms with Gasteiger partial charge in [-0.25, -0.2) is 4.79 Å². The summed E-state index contributed by atoms with van der Waals surface area (Å²) in [6.45, 7) is 3.24. The Morgan fingerprint density at radius 2 is 1.96 bits per heavy atom. The molecule has 2 aromatic carbocycles. The first-order valence-corrected chi connectivity index (χ1v) is 9.40. The van der Waals surface area contributed by atoms with Crippen LogP contribution in [0.15, 0.2) is 54.6 Å². The molecule has 5 nitrogen and oxygen atoms in total. The molecule has 2 heterocycles. The lowest BCUT2D eigenvalue weighted by Crippen LogP contribution is -2.45. The zero-order valence-corrected chi connectivity index (χ0v) is 15.7. The molecule has 140 valence electrons. The van der Waals surface area contributed by atoms with Gasteiger partial charge in [0.15, 0.2) is 0 Å². The molecule has 27 heavy (non-hydrogen) atoms. The third kappa shape index (κ3) is 3.30. The summed E-state index contributed by atoms with van der Waals surface area (Å²) >= 11 is 0. The summed E-state index contributed by atoms with van der Waals surface area (Å²) in [7, 11) is 1.67. The highest BCUT2D eigenvalue weighted by molar-refractivity contribution is 5.86. The van der Waals surface area contributed by atoms with Crippen molar-refractivity contribution < 1.29 is 9.53 Å². The van der Waals surface area contributed by atoms with E-state index in [9.17, 15) is 4.79 Å². The number of benzene rings is 2. The molecule has 0 aliphatic carbocycles. The highest BCUT2D eigenvalue weighted by Crippen LogP contribution is 2.34. The minimum Gasteiger partial charge on any atom is -0.375 e. The molecule has 2 amide bonds. The third-order valence-electron chi connectivity index (χ3n) is 5.49. The van der Waals surface area contributed by atoms with Crippen LogP contribution in [0.25, 0.3) is 10.9 Å². The number of methoxy groups -OCH3 is 1. The van der Waals surface area contributed by atoms with Gasteiger partial charge < -0.3 is 19.9 Å². The lowest BCUT2D eigenvalue weighted by atomic mass is 9.98. The number of para-hydroxylation sites is 1. The van der Waals surface area contributed by atoms with Crippen molar-refractivity contribution in [2.45, 2.75) is 25.5 Å². The van der Waals surface area contributed by atoms with Gasteiger partial charge >= 0.3 is 6.03 Å². The summed E-state index contributed by atoms with van der Waals surface area (Å²) in [5, 5.41) is 4.31. The number of fused-ring (bicyclic) bond motifs is 3. The average molecular weight is 363 g/mol. The van der Waals surface area contributed by atoms with Crippen LogP contribution in [0, 0.1) is 0 Å². The van der Waals surface area contributed by atoms with Gasteiger partial charge in [-0.05, 0) is 30.5 Å². The predicted octanol–water partition coefficient (Wildman–Crippen LogP) is 4.18. The number of rotatable bonds is 4. The number of carbonyl (C=O) groups is 1. The van der Waals surface area contributed by atoms with E-state index >= 15 is 0 Å². The van der Waals surface area contributed by atoms with Gasteiger partial charge in [0.2, 0.25) is 0 Å². The summed E-state index contributed by atoms with van der Waals surface area (Å²) in [6.07, 6.45) is 0.711. The third-order valence-corrected chi connectivity index (χ3v) is 5.49. The fourth-order valence-electron chi connectivity index (χ4n) is 3.99. The number of aromatic amines is 1. The zero-order chi connectivity index (χ0) is 18.8. The van der Waals surface area contributed by atoms with Crippen molar-refractivity contribution in [3.63, 3.8) is 0 Å². The van der Waals surface area contributed by atoms with E-state index in [1.165, 1.54) is 10.9 Å². The molecule has 4 rings (SSSR count). The number of amides is 2. The van der Waals surface area contributed by atoms with Gasteiger partial charge in [0, 0.05) is 36.8 Å². The van der Waals surface area contributed by atoms with Crippen molar-refractivity contribution in [3.05, 3.63) is 71.4 Å². The minimum atomic E-state index is -0.154. The van der Waals surface area contributed by atoms with Crippen LogP contribution in [-0.4, -0.2) is 36.1 Å². The Hall–Kier alpha value is -2.79. The SMILES string of the molecule is CO[C@@H](CNC(=O)N1CCc2c([nH]c3ccccc23)[C@@H]1C)c1ccccc1. The van der Waals surface area contributed by atoms with Gasteiger partial charge in [0.1, 0.15) is 0 Å². The van der Waals surface area contributed by atoms with E-state index < -0.39 is 0 Å². The van der Waals surface area contributed by atoms with E-state index in [1.807, 2.05) is 41.3 Å². The Bertz CT molecular complexity index is 935. The normalized spacial score (nSPS) is 17.6.